The minimum Gasteiger partial charge on any atom is -0.497 e. The van der Waals surface area contributed by atoms with Crippen LogP contribution in [0, 0.1) is 5.92 Å². The van der Waals surface area contributed by atoms with Crippen LogP contribution in [0.15, 0.2) is 23.7 Å². The Kier molecular flexibility index (Phi) is 1.81. The molecule has 0 aromatic heterocycles. The second kappa shape index (κ2) is 2.83. The molecule has 2 aliphatic rings. The second-order valence-corrected chi connectivity index (χ2v) is 3.05. The summed E-state index contributed by atoms with van der Waals surface area (Å²) >= 11 is 0. The normalized spacial score (nSPS) is 33.2. The number of hydrogen-bond donors (Lipinski definition) is 1. The molecule has 0 spiro atoms. The number of rotatable bonds is 1. The molecule has 0 amide bonds. The molecule has 0 aromatic rings. The highest BCUT2D eigenvalue weighted by atomic mass is 16.5. The van der Waals surface area contributed by atoms with Crippen molar-refractivity contribution < 1.29 is 14.6 Å². The first-order valence-corrected chi connectivity index (χ1v) is 4.09. The zero-order valence-corrected chi connectivity index (χ0v) is 6.99. The Morgan fingerprint density at radius 1 is 1.67 bits per heavy atom. The van der Waals surface area contributed by atoms with Crippen molar-refractivity contribution in [1.29, 1.82) is 0 Å². The van der Waals surface area contributed by atoms with Crippen LogP contribution < -0.4 is 0 Å². The summed E-state index contributed by atoms with van der Waals surface area (Å²) in [6.07, 6.45) is 4.04. The van der Waals surface area contributed by atoms with Gasteiger partial charge in [0.05, 0.1) is 19.8 Å². The van der Waals surface area contributed by atoms with Crippen molar-refractivity contribution in [2.75, 3.05) is 13.7 Å². The summed E-state index contributed by atoms with van der Waals surface area (Å²) in [4.78, 5) is 0. The van der Waals surface area contributed by atoms with Gasteiger partial charge in [-0.3, -0.25) is 0 Å². The van der Waals surface area contributed by atoms with Gasteiger partial charge in [-0.2, -0.15) is 0 Å². The van der Waals surface area contributed by atoms with Crippen molar-refractivity contribution in [3.05, 3.63) is 23.7 Å². The maximum atomic E-state index is 9.60. The summed E-state index contributed by atoms with van der Waals surface area (Å²) in [5, 5.41) is 9.60. The third-order valence-corrected chi connectivity index (χ3v) is 2.33. The van der Waals surface area contributed by atoms with Crippen molar-refractivity contribution >= 4 is 0 Å². The first-order chi connectivity index (χ1) is 5.81. The summed E-state index contributed by atoms with van der Waals surface area (Å²) in [6.45, 7) is 0.707. The van der Waals surface area contributed by atoms with E-state index in [1.165, 1.54) is 0 Å². The molecule has 12 heavy (non-hydrogen) atoms. The zero-order chi connectivity index (χ0) is 8.55. The highest BCUT2D eigenvalue weighted by Crippen LogP contribution is 2.33. The van der Waals surface area contributed by atoms with Crippen LogP contribution in [0.1, 0.15) is 6.42 Å². The average molecular weight is 168 g/mol. The molecule has 1 N–H and O–H groups in total. The Hall–Kier alpha value is -0.960. The summed E-state index contributed by atoms with van der Waals surface area (Å²) in [5.41, 5.74) is 0. The van der Waals surface area contributed by atoms with Gasteiger partial charge in [0.25, 0.3) is 0 Å². The molecular weight excluding hydrogens is 156 g/mol. The Balaban J connectivity index is 2.24. The van der Waals surface area contributed by atoms with Gasteiger partial charge in [-0.1, -0.05) is 0 Å². The average Bonchev–Trinajstić information content (AvgIpc) is 2.52. The van der Waals surface area contributed by atoms with E-state index < -0.39 is 6.10 Å². The van der Waals surface area contributed by atoms with Crippen LogP contribution in [0.5, 0.6) is 0 Å². The molecule has 0 aromatic carbocycles. The number of aliphatic hydroxyl groups excluding tert-OH is 1. The molecule has 0 saturated carbocycles. The molecule has 0 radical (unpaired) electrons. The third-order valence-electron chi connectivity index (χ3n) is 2.33. The van der Waals surface area contributed by atoms with E-state index in [0.717, 1.165) is 12.2 Å². The predicted molar refractivity (Wildman–Crippen MR) is 43.2 cm³/mol. The third kappa shape index (κ3) is 1.10. The van der Waals surface area contributed by atoms with Crippen LogP contribution in [0.2, 0.25) is 0 Å². The van der Waals surface area contributed by atoms with Gasteiger partial charge < -0.3 is 14.6 Å². The molecule has 1 aliphatic carbocycles. The Morgan fingerprint density at radius 2 is 2.50 bits per heavy atom. The van der Waals surface area contributed by atoms with Crippen LogP contribution in [-0.4, -0.2) is 24.9 Å². The number of allylic oxidation sites excluding steroid dienone is 1. The van der Waals surface area contributed by atoms with Crippen LogP contribution >= 0.6 is 0 Å². The van der Waals surface area contributed by atoms with Crippen LogP contribution in [0.25, 0.3) is 0 Å². The van der Waals surface area contributed by atoms with E-state index in [9.17, 15) is 5.11 Å². The van der Waals surface area contributed by atoms with Gasteiger partial charge in [-0.05, 0) is 12.5 Å². The molecule has 1 fully saturated rings. The summed E-state index contributed by atoms with van der Waals surface area (Å²) in [5.74, 6) is 1.71. The number of ether oxygens (including phenoxy) is 2. The molecule has 66 valence electrons. The van der Waals surface area contributed by atoms with Gasteiger partial charge in [0.2, 0.25) is 0 Å². The fourth-order valence-electron chi connectivity index (χ4n) is 1.64. The lowest BCUT2D eigenvalue weighted by molar-refractivity contribution is 0.150. The lowest BCUT2D eigenvalue weighted by Gasteiger charge is -2.19. The Morgan fingerprint density at radius 3 is 3.25 bits per heavy atom. The summed E-state index contributed by atoms with van der Waals surface area (Å²) in [6, 6.07) is 0. The molecule has 1 aliphatic heterocycles. The van der Waals surface area contributed by atoms with Crippen molar-refractivity contribution in [2.24, 2.45) is 5.92 Å². The molecule has 3 nitrogen and oxygen atoms in total. The maximum Gasteiger partial charge on any atom is 0.120 e. The van der Waals surface area contributed by atoms with Crippen molar-refractivity contribution in [3.8, 4) is 0 Å². The SMILES string of the molecule is COC1=CC(O)C2CCOC2=C1. The van der Waals surface area contributed by atoms with Crippen molar-refractivity contribution in [3.63, 3.8) is 0 Å². The second-order valence-electron chi connectivity index (χ2n) is 3.05. The fourth-order valence-corrected chi connectivity index (χ4v) is 1.64. The summed E-state index contributed by atoms with van der Waals surface area (Å²) < 4.78 is 10.4. The first-order valence-electron chi connectivity index (χ1n) is 4.09. The van der Waals surface area contributed by atoms with Gasteiger partial charge in [0, 0.05) is 12.0 Å². The van der Waals surface area contributed by atoms with Crippen molar-refractivity contribution in [2.45, 2.75) is 12.5 Å². The van der Waals surface area contributed by atoms with Crippen molar-refractivity contribution in [1.82, 2.24) is 0 Å². The van der Waals surface area contributed by atoms with Crippen LogP contribution in [-0.2, 0) is 9.47 Å². The van der Waals surface area contributed by atoms with E-state index in [2.05, 4.69) is 0 Å². The lowest BCUT2D eigenvalue weighted by Crippen LogP contribution is -2.20. The van der Waals surface area contributed by atoms with E-state index in [1.807, 2.05) is 6.08 Å². The fraction of sp³-hybridized carbons (Fsp3) is 0.556. The first kappa shape index (κ1) is 7.68. The largest absolute Gasteiger partial charge is 0.497 e. The Bertz CT molecular complexity index is 242. The molecule has 2 unspecified atom stereocenters. The number of methoxy groups -OCH3 is 1. The zero-order valence-electron chi connectivity index (χ0n) is 6.99. The van der Waals surface area contributed by atoms with Gasteiger partial charge in [0.15, 0.2) is 0 Å². The van der Waals surface area contributed by atoms with Crippen LogP contribution in [0.4, 0.5) is 0 Å². The predicted octanol–water partition coefficient (Wildman–Crippen LogP) is 0.812. The molecule has 3 heteroatoms. The van der Waals surface area contributed by atoms with Crippen LogP contribution in [0.3, 0.4) is 0 Å². The maximum absolute atomic E-state index is 9.60. The highest BCUT2D eigenvalue weighted by Gasteiger charge is 2.31. The quantitative estimate of drug-likeness (QED) is 0.629. The monoisotopic (exact) mass is 168 g/mol. The Labute approximate surface area is 71.3 Å². The number of hydrogen-bond acceptors (Lipinski definition) is 3. The van der Waals surface area contributed by atoms with E-state index in [1.54, 1.807) is 13.2 Å². The molecule has 2 atom stereocenters. The van der Waals surface area contributed by atoms with E-state index in [4.69, 9.17) is 9.47 Å². The molecule has 1 saturated heterocycles. The van der Waals surface area contributed by atoms with Gasteiger partial charge in [0.1, 0.15) is 11.5 Å². The minimum absolute atomic E-state index is 0.156. The minimum atomic E-state index is -0.442. The highest BCUT2D eigenvalue weighted by molar-refractivity contribution is 5.26. The van der Waals surface area contributed by atoms with E-state index in [0.29, 0.717) is 12.4 Å². The van der Waals surface area contributed by atoms with Gasteiger partial charge in [-0.25, -0.2) is 0 Å². The van der Waals surface area contributed by atoms with Gasteiger partial charge in [-0.15, -0.1) is 0 Å². The lowest BCUT2D eigenvalue weighted by atomic mass is 9.94. The topological polar surface area (TPSA) is 38.7 Å². The van der Waals surface area contributed by atoms with E-state index in [-0.39, 0.29) is 5.92 Å². The molecular formula is C9H12O3. The molecule has 2 rings (SSSR count). The number of aliphatic hydroxyl groups is 1. The smallest absolute Gasteiger partial charge is 0.120 e. The standard InChI is InChI=1S/C9H12O3/c1-11-6-4-8(10)7-2-3-12-9(7)5-6/h4-5,7-8,10H,2-3H2,1H3. The van der Waals surface area contributed by atoms with Gasteiger partial charge >= 0.3 is 0 Å². The molecule has 0 bridgehead atoms. The summed E-state index contributed by atoms with van der Waals surface area (Å²) in [7, 11) is 1.59. The molecule has 1 heterocycles. The number of fused-ring (bicyclic) bond motifs is 1. The van der Waals surface area contributed by atoms with E-state index >= 15 is 0 Å².